The van der Waals surface area contributed by atoms with Gasteiger partial charge in [0.2, 0.25) is 5.91 Å². The van der Waals surface area contributed by atoms with E-state index in [1.807, 2.05) is 35.2 Å². The number of nitrogens with zero attached hydrogens (tertiary/aromatic N) is 1. The molecule has 1 aromatic carbocycles. The van der Waals surface area contributed by atoms with Crippen LogP contribution in [0.5, 0.6) is 5.75 Å². The van der Waals surface area contributed by atoms with Crippen LogP contribution >= 0.6 is 0 Å². The van der Waals surface area contributed by atoms with Crippen molar-refractivity contribution < 1.29 is 19.0 Å². The number of carbonyl (C=O) groups is 1. The second kappa shape index (κ2) is 7.61. The minimum absolute atomic E-state index is 0.0872. The van der Waals surface area contributed by atoms with Crippen LogP contribution in [0.4, 0.5) is 0 Å². The molecule has 1 atom stereocenters. The lowest BCUT2D eigenvalue weighted by molar-refractivity contribution is -0.139. The Balaban J connectivity index is 1.60. The summed E-state index contributed by atoms with van der Waals surface area (Å²) in [5, 5.41) is 0. The number of hydrogen-bond acceptors (Lipinski definition) is 4. The van der Waals surface area contributed by atoms with E-state index in [9.17, 15) is 4.79 Å². The Bertz CT molecular complexity index is 473. The molecule has 2 fully saturated rings. The molecule has 0 radical (unpaired) electrons. The Kier molecular flexibility index (Phi) is 5.29. The number of rotatable bonds is 3. The Hall–Kier alpha value is -1.59. The average Bonchev–Trinajstić information content (AvgIpc) is 2.81. The van der Waals surface area contributed by atoms with Gasteiger partial charge in [-0.2, -0.15) is 0 Å². The lowest BCUT2D eigenvalue weighted by Crippen LogP contribution is -2.44. The van der Waals surface area contributed by atoms with Gasteiger partial charge < -0.3 is 19.1 Å². The normalized spacial score (nSPS) is 23.8. The minimum Gasteiger partial charge on any atom is -0.486 e. The summed E-state index contributed by atoms with van der Waals surface area (Å²) in [5.74, 6) is 1.12. The zero-order valence-corrected chi connectivity index (χ0v) is 12.8. The maximum absolute atomic E-state index is 12.7. The number of ether oxygens (including phenoxy) is 3. The van der Waals surface area contributed by atoms with Gasteiger partial charge in [0.15, 0.2) is 0 Å². The van der Waals surface area contributed by atoms with E-state index < -0.39 is 0 Å². The van der Waals surface area contributed by atoms with Crippen LogP contribution in [0.3, 0.4) is 0 Å². The molecule has 120 valence electrons. The van der Waals surface area contributed by atoms with Gasteiger partial charge in [0.1, 0.15) is 11.9 Å². The molecular weight excluding hydrogens is 282 g/mol. The summed E-state index contributed by atoms with van der Waals surface area (Å²) in [5.41, 5.74) is 0. The lowest BCUT2D eigenvalue weighted by Gasteiger charge is -2.29. The Morgan fingerprint density at radius 1 is 1.09 bits per heavy atom. The molecule has 0 N–H and O–H groups in total. The van der Waals surface area contributed by atoms with Crippen molar-refractivity contribution in [3.63, 3.8) is 0 Å². The lowest BCUT2D eigenvalue weighted by atomic mass is 9.98. The zero-order valence-electron chi connectivity index (χ0n) is 12.8. The molecule has 2 saturated heterocycles. The molecule has 22 heavy (non-hydrogen) atoms. The third-order valence-electron chi connectivity index (χ3n) is 4.16. The number of para-hydroxylation sites is 1. The molecule has 0 aromatic heterocycles. The first kappa shape index (κ1) is 15.3. The first-order valence-corrected chi connectivity index (χ1v) is 7.99. The van der Waals surface area contributed by atoms with Crippen LogP contribution in [-0.2, 0) is 14.3 Å². The third kappa shape index (κ3) is 3.99. The Morgan fingerprint density at radius 2 is 1.86 bits per heavy atom. The van der Waals surface area contributed by atoms with Crippen molar-refractivity contribution in [2.24, 2.45) is 5.92 Å². The highest BCUT2D eigenvalue weighted by molar-refractivity contribution is 5.79. The highest BCUT2D eigenvalue weighted by Gasteiger charge is 2.30. The van der Waals surface area contributed by atoms with E-state index in [4.69, 9.17) is 14.2 Å². The first-order chi connectivity index (χ1) is 10.8. The Labute approximate surface area is 131 Å². The fourth-order valence-corrected chi connectivity index (χ4v) is 2.95. The summed E-state index contributed by atoms with van der Waals surface area (Å²) in [6, 6.07) is 9.69. The van der Waals surface area contributed by atoms with Gasteiger partial charge in [-0.25, -0.2) is 0 Å². The molecule has 3 rings (SSSR count). The van der Waals surface area contributed by atoms with E-state index in [1.165, 1.54) is 0 Å². The smallest absolute Gasteiger partial charge is 0.226 e. The quantitative estimate of drug-likeness (QED) is 0.853. The van der Waals surface area contributed by atoms with E-state index in [1.54, 1.807) is 0 Å². The van der Waals surface area contributed by atoms with Crippen LogP contribution in [0.25, 0.3) is 0 Å². The van der Waals surface area contributed by atoms with Gasteiger partial charge in [-0.15, -0.1) is 0 Å². The minimum atomic E-state index is -0.117. The number of amides is 1. The third-order valence-corrected chi connectivity index (χ3v) is 4.16. The van der Waals surface area contributed by atoms with Crippen molar-refractivity contribution in [2.45, 2.75) is 18.9 Å². The topological polar surface area (TPSA) is 48.0 Å². The predicted molar refractivity (Wildman–Crippen MR) is 81.8 cm³/mol. The van der Waals surface area contributed by atoms with Crippen molar-refractivity contribution in [1.82, 2.24) is 4.90 Å². The summed E-state index contributed by atoms with van der Waals surface area (Å²) in [7, 11) is 0. The number of hydrogen-bond donors (Lipinski definition) is 0. The van der Waals surface area contributed by atoms with Crippen LogP contribution in [0.2, 0.25) is 0 Å². The summed E-state index contributed by atoms with van der Waals surface area (Å²) in [6.45, 7) is 3.70. The number of benzene rings is 1. The van der Waals surface area contributed by atoms with Gasteiger partial charge in [-0.3, -0.25) is 4.79 Å². The maximum atomic E-state index is 12.7. The summed E-state index contributed by atoms with van der Waals surface area (Å²) in [4.78, 5) is 14.6. The summed E-state index contributed by atoms with van der Waals surface area (Å²) >= 11 is 0. The van der Waals surface area contributed by atoms with Crippen molar-refractivity contribution in [1.29, 1.82) is 0 Å². The molecule has 0 saturated carbocycles. The molecular formula is C17H23NO4. The Morgan fingerprint density at radius 3 is 2.64 bits per heavy atom. The molecule has 2 aliphatic rings. The monoisotopic (exact) mass is 305 g/mol. The number of carbonyl (C=O) groups excluding carboxylic acids is 1. The highest BCUT2D eigenvalue weighted by Crippen LogP contribution is 2.20. The molecule has 0 bridgehead atoms. The van der Waals surface area contributed by atoms with Crippen LogP contribution in [0.1, 0.15) is 12.8 Å². The van der Waals surface area contributed by atoms with Crippen molar-refractivity contribution in [3.8, 4) is 5.75 Å². The molecule has 1 amide bonds. The van der Waals surface area contributed by atoms with E-state index in [2.05, 4.69) is 0 Å². The molecule has 2 heterocycles. The maximum Gasteiger partial charge on any atom is 0.226 e. The van der Waals surface area contributed by atoms with Crippen LogP contribution in [0, 0.1) is 5.92 Å². The van der Waals surface area contributed by atoms with E-state index >= 15 is 0 Å². The van der Waals surface area contributed by atoms with E-state index in [0.717, 1.165) is 18.6 Å². The SMILES string of the molecule is O=C(C1CCOCC1)N1CCOC[C@H](Oc2ccccc2)C1. The zero-order chi connectivity index (χ0) is 15.2. The van der Waals surface area contributed by atoms with Crippen molar-refractivity contribution in [3.05, 3.63) is 30.3 Å². The molecule has 0 unspecified atom stereocenters. The average molecular weight is 305 g/mol. The van der Waals surface area contributed by atoms with Crippen LogP contribution < -0.4 is 4.74 Å². The molecule has 0 spiro atoms. The fraction of sp³-hybridized carbons (Fsp3) is 0.588. The highest BCUT2D eigenvalue weighted by atomic mass is 16.5. The van der Waals surface area contributed by atoms with Crippen molar-refractivity contribution >= 4 is 5.91 Å². The molecule has 1 aromatic rings. The van der Waals surface area contributed by atoms with Gasteiger partial charge >= 0.3 is 0 Å². The van der Waals surface area contributed by atoms with Crippen LogP contribution in [-0.4, -0.2) is 56.4 Å². The van der Waals surface area contributed by atoms with E-state index in [0.29, 0.717) is 39.5 Å². The van der Waals surface area contributed by atoms with E-state index in [-0.39, 0.29) is 17.9 Å². The largest absolute Gasteiger partial charge is 0.486 e. The first-order valence-electron chi connectivity index (χ1n) is 7.99. The van der Waals surface area contributed by atoms with Crippen LogP contribution in [0.15, 0.2) is 30.3 Å². The standard InChI is InChI=1S/C17H23NO4/c19-17(14-6-9-20-10-7-14)18-8-11-21-13-16(12-18)22-15-4-2-1-3-5-15/h1-5,14,16H,6-13H2/t16-/m1/s1. The molecule has 0 aliphatic carbocycles. The molecule has 2 aliphatic heterocycles. The second-order valence-corrected chi connectivity index (χ2v) is 5.80. The molecule has 5 nitrogen and oxygen atoms in total. The molecule has 5 heteroatoms. The summed E-state index contributed by atoms with van der Waals surface area (Å²) < 4.78 is 16.9. The van der Waals surface area contributed by atoms with Gasteiger partial charge in [-0.1, -0.05) is 18.2 Å². The predicted octanol–water partition coefficient (Wildman–Crippen LogP) is 1.72. The van der Waals surface area contributed by atoms with Gasteiger partial charge in [0.25, 0.3) is 0 Å². The second-order valence-electron chi connectivity index (χ2n) is 5.80. The van der Waals surface area contributed by atoms with Gasteiger partial charge in [-0.05, 0) is 25.0 Å². The van der Waals surface area contributed by atoms with Gasteiger partial charge in [0, 0.05) is 25.7 Å². The summed E-state index contributed by atoms with van der Waals surface area (Å²) in [6.07, 6.45) is 1.52. The fourth-order valence-electron chi connectivity index (χ4n) is 2.95. The van der Waals surface area contributed by atoms with Gasteiger partial charge in [0.05, 0.1) is 19.8 Å². The van der Waals surface area contributed by atoms with Crippen molar-refractivity contribution in [2.75, 3.05) is 39.5 Å².